The highest BCUT2D eigenvalue weighted by Crippen LogP contribution is 2.28. The van der Waals surface area contributed by atoms with Crippen LogP contribution in [-0.2, 0) is 4.74 Å². The van der Waals surface area contributed by atoms with E-state index in [1.807, 2.05) is 6.92 Å². The molecule has 0 unspecified atom stereocenters. The van der Waals surface area contributed by atoms with Gasteiger partial charge in [-0.25, -0.2) is 15.0 Å². The summed E-state index contributed by atoms with van der Waals surface area (Å²) in [5.41, 5.74) is 9.33. The first-order valence-corrected chi connectivity index (χ1v) is 7.77. The van der Waals surface area contributed by atoms with Crippen LogP contribution in [0.3, 0.4) is 0 Å². The second-order valence-electron chi connectivity index (χ2n) is 5.57. The number of anilines is 1. The molecule has 122 valence electrons. The third kappa shape index (κ3) is 3.50. The van der Waals surface area contributed by atoms with Crippen molar-refractivity contribution in [2.45, 2.75) is 13.3 Å². The van der Waals surface area contributed by atoms with Crippen molar-refractivity contribution in [3.8, 4) is 0 Å². The normalized spacial score (nSPS) is 21.3. The van der Waals surface area contributed by atoms with Gasteiger partial charge in [0.25, 0.3) is 0 Å². The number of morpholine rings is 1. The van der Waals surface area contributed by atoms with Crippen molar-refractivity contribution >= 4 is 17.5 Å². The molecule has 2 aliphatic heterocycles. The number of hydrogen-bond donors (Lipinski definition) is 2. The first-order chi connectivity index (χ1) is 11.1. The van der Waals surface area contributed by atoms with Gasteiger partial charge in [0.05, 0.1) is 18.9 Å². The van der Waals surface area contributed by atoms with Crippen LogP contribution < -0.4 is 11.1 Å². The monoisotopic (exact) mass is 314 g/mol. The minimum atomic E-state index is 0.260. The molecule has 0 atom stereocenters. The van der Waals surface area contributed by atoms with Crippen molar-refractivity contribution in [3.05, 3.63) is 35.8 Å². The van der Waals surface area contributed by atoms with Gasteiger partial charge in [0, 0.05) is 48.9 Å². The smallest absolute Gasteiger partial charge is 0.219 e. The van der Waals surface area contributed by atoms with Crippen LogP contribution in [0.25, 0.3) is 5.70 Å². The standard InChI is InChI=1S/C16H22N6O/c1-11-14(3-4-18-11)15(13-9-19-16(17)20-10-13)21-12(2)22-5-7-23-8-6-22/h9-10,18H,1,3-8H2,2H3,(H2,17,19,20)/b15-14-,21-12?. The van der Waals surface area contributed by atoms with E-state index in [0.717, 1.165) is 67.6 Å². The van der Waals surface area contributed by atoms with Gasteiger partial charge in [-0.1, -0.05) is 6.58 Å². The molecule has 0 bridgehead atoms. The summed E-state index contributed by atoms with van der Waals surface area (Å²) < 4.78 is 5.40. The molecule has 7 nitrogen and oxygen atoms in total. The van der Waals surface area contributed by atoms with E-state index in [9.17, 15) is 0 Å². The zero-order valence-corrected chi connectivity index (χ0v) is 13.4. The minimum Gasteiger partial charge on any atom is -0.385 e. The lowest BCUT2D eigenvalue weighted by Gasteiger charge is -2.28. The van der Waals surface area contributed by atoms with E-state index in [0.29, 0.717) is 0 Å². The molecule has 2 aliphatic rings. The average molecular weight is 314 g/mol. The highest BCUT2D eigenvalue weighted by molar-refractivity contribution is 5.88. The summed E-state index contributed by atoms with van der Waals surface area (Å²) in [7, 11) is 0. The maximum absolute atomic E-state index is 5.60. The number of aliphatic imine (C=N–C) groups is 1. The molecule has 0 aliphatic carbocycles. The fourth-order valence-corrected chi connectivity index (χ4v) is 2.74. The number of nitrogens with two attached hydrogens (primary N) is 1. The molecular formula is C16H22N6O. The van der Waals surface area contributed by atoms with Crippen LogP contribution in [-0.4, -0.2) is 53.6 Å². The molecule has 7 heteroatoms. The van der Waals surface area contributed by atoms with Crippen molar-refractivity contribution in [3.63, 3.8) is 0 Å². The number of nitrogens with zero attached hydrogens (tertiary/aromatic N) is 4. The lowest BCUT2D eigenvalue weighted by Crippen LogP contribution is -2.39. The molecule has 1 aromatic heterocycles. The second-order valence-corrected chi connectivity index (χ2v) is 5.57. The largest absolute Gasteiger partial charge is 0.385 e. The third-order valence-corrected chi connectivity index (χ3v) is 4.05. The zero-order valence-electron chi connectivity index (χ0n) is 13.4. The topological polar surface area (TPSA) is 88.7 Å². The second kappa shape index (κ2) is 6.78. The number of allylic oxidation sites excluding steroid dienone is 1. The summed E-state index contributed by atoms with van der Waals surface area (Å²) in [4.78, 5) is 15.3. The van der Waals surface area contributed by atoms with Crippen LogP contribution in [0.4, 0.5) is 5.95 Å². The Morgan fingerprint density at radius 3 is 2.65 bits per heavy atom. The van der Waals surface area contributed by atoms with Gasteiger partial charge in [0.1, 0.15) is 5.84 Å². The highest BCUT2D eigenvalue weighted by Gasteiger charge is 2.19. The van der Waals surface area contributed by atoms with Crippen LogP contribution in [0.2, 0.25) is 0 Å². The predicted octanol–water partition coefficient (Wildman–Crippen LogP) is 1.03. The van der Waals surface area contributed by atoms with E-state index >= 15 is 0 Å². The van der Waals surface area contributed by atoms with Crippen LogP contribution in [0, 0.1) is 0 Å². The Kier molecular flexibility index (Phi) is 4.57. The molecular weight excluding hydrogens is 292 g/mol. The van der Waals surface area contributed by atoms with Gasteiger partial charge in [-0.05, 0) is 13.3 Å². The van der Waals surface area contributed by atoms with Crippen LogP contribution in [0.5, 0.6) is 0 Å². The molecule has 3 N–H and O–H groups in total. The van der Waals surface area contributed by atoms with E-state index in [4.69, 9.17) is 15.5 Å². The fourth-order valence-electron chi connectivity index (χ4n) is 2.74. The molecule has 0 radical (unpaired) electrons. The lowest BCUT2D eigenvalue weighted by atomic mass is 10.1. The van der Waals surface area contributed by atoms with Crippen molar-refractivity contribution in [2.75, 3.05) is 38.6 Å². The minimum absolute atomic E-state index is 0.260. The SMILES string of the molecule is C=C1NCC/C1=C(/N=C(C)N1CCOCC1)c1cnc(N)nc1. The molecule has 0 aromatic carbocycles. The fraction of sp³-hybridized carbons (Fsp3) is 0.438. The molecule has 1 aromatic rings. The zero-order chi connectivity index (χ0) is 16.2. The Bertz CT molecular complexity index is 643. The van der Waals surface area contributed by atoms with E-state index in [-0.39, 0.29) is 5.95 Å². The molecule has 2 fully saturated rings. The summed E-state index contributed by atoms with van der Waals surface area (Å²) in [6, 6.07) is 0. The highest BCUT2D eigenvalue weighted by atomic mass is 16.5. The summed E-state index contributed by atoms with van der Waals surface area (Å²) in [6.45, 7) is 10.2. The Morgan fingerprint density at radius 1 is 1.35 bits per heavy atom. The van der Waals surface area contributed by atoms with Gasteiger partial charge >= 0.3 is 0 Å². The summed E-state index contributed by atoms with van der Waals surface area (Å²) >= 11 is 0. The Hall–Kier alpha value is -2.41. The Balaban J connectivity index is 1.98. The van der Waals surface area contributed by atoms with Crippen molar-refractivity contribution in [1.82, 2.24) is 20.2 Å². The van der Waals surface area contributed by atoms with E-state index in [2.05, 4.69) is 26.8 Å². The van der Waals surface area contributed by atoms with E-state index in [1.165, 1.54) is 0 Å². The molecule has 0 amide bonds. The Morgan fingerprint density at radius 2 is 2.04 bits per heavy atom. The number of nitrogens with one attached hydrogen (secondary N) is 1. The third-order valence-electron chi connectivity index (χ3n) is 4.05. The molecule has 2 saturated heterocycles. The number of rotatable bonds is 2. The lowest BCUT2D eigenvalue weighted by molar-refractivity contribution is 0.0678. The van der Waals surface area contributed by atoms with Crippen LogP contribution in [0.1, 0.15) is 18.9 Å². The van der Waals surface area contributed by atoms with E-state index in [1.54, 1.807) is 12.4 Å². The Labute approximate surface area is 136 Å². The van der Waals surface area contributed by atoms with E-state index < -0.39 is 0 Å². The number of ether oxygens (including phenoxy) is 1. The van der Waals surface area contributed by atoms with Crippen LogP contribution in [0.15, 0.2) is 35.2 Å². The summed E-state index contributed by atoms with van der Waals surface area (Å²) in [6.07, 6.45) is 4.32. The maximum atomic E-state index is 5.60. The number of nitrogen functional groups attached to an aromatic ring is 1. The molecule has 0 spiro atoms. The maximum Gasteiger partial charge on any atom is 0.219 e. The number of hydrogen-bond acceptors (Lipinski definition) is 6. The number of aromatic nitrogens is 2. The van der Waals surface area contributed by atoms with Gasteiger partial charge in [-0.2, -0.15) is 0 Å². The first kappa shape index (κ1) is 15.5. The first-order valence-electron chi connectivity index (χ1n) is 7.77. The predicted molar refractivity (Wildman–Crippen MR) is 90.6 cm³/mol. The van der Waals surface area contributed by atoms with Crippen LogP contribution >= 0.6 is 0 Å². The molecule has 3 rings (SSSR count). The van der Waals surface area contributed by atoms with Crippen molar-refractivity contribution in [1.29, 1.82) is 0 Å². The van der Waals surface area contributed by atoms with Gasteiger partial charge in [0.2, 0.25) is 5.95 Å². The molecule has 3 heterocycles. The van der Waals surface area contributed by atoms with Gasteiger partial charge in [-0.3, -0.25) is 0 Å². The van der Waals surface area contributed by atoms with Crippen molar-refractivity contribution < 1.29 is 4.74 Å². The van der Waals surface area contributed by atoms with Gasteiger partial charge in [0.15, 0.2) is 0 Å². The average Bonchev–Trinajstić information content (AvgIpc) is 3.00. The van der Waals surface area contributed by atoms with Crippen molar-refractivity contribution in [2.24, 2.45) is 4.99 Å². The number of amidine groups is 1. The van der Waals surface area contributed by atoms with Gasteiger partial charge in [-0.15, -0.1) is 0 Å². The molecule has 23 heavy (non-hydrogen) atoms. The molecule has 0 saturated carbocycles. The quantitative estimate of drug-likeness (QED) is 0.626. The summed E-state index contributed by atoms with van der Waals surface area (Å²) in [5, 5.41) is 3.26. The summed E-state index contributed by atoms with van der Waals surface area (Å²) in [5.74, 6) is 1.22. The van der Waals surface area contributed by atoms with Gasteiger partial charge < -0.3 is 20.7 Å².